The average Bonchev–Trinajstić information content (AvgIpc) is 3.32. The fourth-order valence-electron chi connectivity index (χ4n) is 3.28. The molecule has 0 spiro atoms. The van der Waals surface area contributed by atoms with E-state index in [4.69, 9.17) is 20.8 Å². The Morgan fingerprint density at radius 1 is 1.24 bits per heavy atom. The Labute approximate surface area is 149 Å². The van der Waals surface area contributed by atoms with Crippen LogP contribution >= 0.6 is 11.6 Å². The monoisotopic (exact) mass is 359 g/mol. The molecule has 1 aliphatic heterocycles. The second kappa shape index (κ2) is 6.93. The highest BCUT2D eigenvalue weighted by Crippen LogP contribution is 2.33. The first-order chi connectivity index (χ1) is 12.2. The van der Waals surface area contributed by atoms with E-state index < -0.39 is 0 Å². The molecule has 25 heavy (non-hydrogen) atoms. The Hall–Kier alpha value is -2.25. The van der Waals surface area contributed by atoms with Crippen LogP contribution in [0.15, 0.2) is 33.4 Å². The van der Waals surface area contributed by atoms with Gasteiger partial charge < -0.3 is 4.52 Å². The van der Waals surface area contributed by atoms with E-state index in [1.807, 2.05) is 31.2 Å². The maximum Gasteiger partial charge on any atom is 0.240 e. The first-order valence-corrected chi connectivity index (χ1v) is 8.66. The topological polar surface area (TPSA) is 81.1 Å². The first kappa shape index (κ1) is 16.2. The third kappa shape index (κ3) is 3.43. The smallest absolute Gasteiger partial charge is 0.240 e. The van der Waals surface area contributed by atoms with E-state index in [9.17, 15) is 0 Å². The number of aromatic nitrogens is 4. The van der Waals surface area contributed by atoms with Gasteiger partial charge >= 0.3 is 0 Å². The van der Waals surface area contributed by atoms with Gasteiger partial charge in [0.15, 0.2) is 5.82 Å². The molecule has 1 saturated heterocycles. The number of nitrogens with zero attached hydrogens (tertiary/aromatic N) is 5. The summed E-state index contributed by atoms with van der Waals surface area (Å²) < 4.78 is 10.3. The molecule has 130 valence electrons. The van der Waals surface area contributed by atoms with E-state index in [0.717, 1.165) is 36.3 Å². The number of benzene rings is 1. The van der Waals surface area contributed by atoms with E-state index in [0.29, 0.717) is 29.7 Å². The molecule has 4 rings (SSSR count). The molecule has 1 fully saturated rings. The number of hydrogen-bond acceptors (Lipinski definition) is 7. The molecule has 1 aliphatic rings. The molecule has 3 heterocycles. The van der Waals surface area contributed by atoms with Crippen LogP contribution < -0.4 is 0 Å². The van der Waals surface area contributed by atoms with Crippen LogP contribution in [0.4, 0.5) is 0 Å². The van der Waals surface area contributed by atoms with Crippen molar-refractivity contribution in [3.05, 3.63) is 58.0 Å². The van der Waals surface area contributed by atoms with Crippen LogP contribution in [0.1, 0.15) is 47.5 Å². The van der Waals surface area contributed by atoms with Crippen molar-refractivity contribution >= 4 is 11.6 Å². The fourth-order valence-corrected chi connectivity index (χ4v) is 3.48. The number of aryl methyl sites for hydroxylation is 1. The Balaban J connectivity index is 1.46. The summed E-state index contributed by atoms with van der Waals surface area (Å²) in [6.45, 7) is 3.46. The molecule has 0 amide bonds. The van der Waals surface area contributed by atoms with Crippen LogP contribution in [0.5, 0.6) is 0 Å². The van der Waals surface area contributed by atoms with Crippen LogP contribution in [0.25, 0.3) is 0 Å². The van der Waals surface area contributed by atoms with Crippen molar-refractivity contribution < 1.29 is 9.15 Å². The van der Waals surface area contributed by atoms with Gasteiger partial charge in [0.2, 0.25) is 5.89 Å². The molecule has 1 unspecified atom stereocenters. The zero-order valence-corrected chi connectivity index (χ0v) is 14.6. The number of hydrogen-bond donors (Lipinski definition) is 0. The minimum Gasteiger partial charge on any atom is -0.338 e. The minimum atomic E-state index is 0.185. The molecule has 8 heteroatoms. The van der Waals surface area contributed by atoms with Gasteiger partial charge in [-0.15, -0.1) is 0 Å². The molecule has 7 nitrogen and oxygen atoms in total. The van der Waals surface area contributed by atoms with Gasteiger partial charge in [0.25, 0.3) is 0 Å². The largest absolute Gasteiger partial charge is 0.338 e. The average molecular weight is 360 g/mol. The standard InChI is InChI=1S/C17H18ClN5O2/c1-11-17(22-25-20-11)14-7-4-8-23(14)10-16-19-15(21-24-16)9-12-5-2-3-6-13(12)18/h2-3,5-6,14H,4,7-10H2,1H3. The summed E-state index contributed by atoms with van der Waals surface area (Å²) in [5.74, 6) is 1.24. The van der Waals surface area contributed by atoms with Crippen LogP contribution in [-0.2, 0) is 13.0 Å². The summed E-state index contributed by atoms with van der Waals surface area (Å²) in [6, 6.07) is 7.87. The van der Waals surface area contributed by atoms with E-state index >= 15 is 0 Å². The van der Waals surface area contributed by atoms with E-state index in [1.54, 1.807) is 0 Å². The number of rotatable bonds is 5. The SMILES string of the molecule is Cc1nonc1C1CCCN1Cc1nc(Cc2ccccc2Cl)no1. The summed E-state index contributed by atoms with van der Waals surface area (Å²) in [4.78, 5) is 6.79. The van der Waals surface area contributed by atoms with E-state index in [2.05, 4.69) is 25.4 Å². The normalized spacial score (nSPS) is 18.1. The van der Waals surface area contributed by atoms with Crippen molar-refractivity contribution in [1.29, 1.82) is 0 Å². The number of likely N-dealkylation sites (tertiary alicyclic amines) is 1. The van der Waals surface area contributed by atoms with Crippen molar-refractivity contribution in [2.45, 2.75) is 38.8 Å². The van der Waals surface area contributed by atoms with Crippen molar-refractivity contribution in [3.8, 4) is 0 Å². The van der Waals surface area contributed by atoms with Gasteiger partial charge in [-0.2, -0.15) is 4.98 Å². The summed E-state index contributed by atoms with van der Waals surface area (Å²) in [5, 5.41) is 12.7. The highest BCUT2D eigenvalue weighted by Gasteiger charge is 2.31. The van der Waals surface area contributed by atoms with Crippen molar-refractivity contribution in [1.82, 2.24) is 25.4 Å². The quantitative estimate of drug-likeness (QED) is 0.690. The zero-order valence-electron chi connectivity index (χ0n) is 13.9. The molecule has 0 saturated carbocycles. The van der Waals surface area contributed by atoms with Gasteiger partial charge in [0.1, 0.15) is 11.4 Å². The molecule has 2 aromatic heterocycles. The summed E-state index contributed by atoms with van der Waals surface area (Å²) >= 11 is 6.19. The lowest BCUT2D eigenvalue weighted by Crippen LogP contribution is -2.23. The van der Waals surface area contributed by atoms with Gasteiger partial charge in [-0.25, -0.2) is 4.63 Å². The Morgan fingerprint density at radius 2 is 2.12 bits per heavy atom. The van der Waals surface area contributed by atoms with Crippen molar-refractivity contribution in [3.63, 3.8) is 0 Å². The van der Waals surface area contributed by atoms with Crippen LogP contribution in [-0.4, -0.2) is 31.9 Å². The second-order valence-electron chi connectivity index (χ2n) is 6.24. The lowest BCUT2D eigenvalue weighted by atomic mass is 10.1. The highest BCUT2D eigenvalue weighted by atomic mass is 35.5. The van der Waals surface area contributed by atoms with Gasteiger partial charge in [0, 0.05) is 11.4 Å². The molecule has 1 aromatic carbocycles. The molecule has 0 radical (unpaired) electrons. The summed E-state index contributed by atoms with van der Waals surface area (Å²) in [7, 11) is 0. The molecule has 0 bridgehead atoms. The maximum atomic E-state index is 6.19. The van der Waals surface area contributed by atoms with Gasteiger partial charge in [-0.1, -0.05) is 45.3 Å². The van der Waals surface area contributed by atoms with Crippen LogP contribution in [0.2, 0.25) is 5.02 Å². The molecular weight excluding hydrogens is 342 g/mol. The van der Waals surface area contributed by atoms with Crippen LogP contribution in [0.3, 0.4) is 0 Å². The third-order valence-corrected chi connectivity index (χ3v) is 4.89. The summed E-state index contributed by atoms with van der Waals surface area (Å²) in [6.07, 6.45) is 2.67. The maximum absolute atomic E-state index is 6.19. The van der Waals surface area contributed by atoms with E-state index in [-0.39, 0.29) is 6.04 Å². The molecule has 3 aromatic rings. The molecule has 0 N–H and O–H groups in total. The first-order valence-electron chi connectivity index (χ1n) is 8.28. The third-order valence-electron chi connectivity index (χ3n) is 4.52. The predicted octanol–water partition coefficient (Wildman–Crippen LogP) is 3.34. The number of halogens is 1. The molecule has 1 atom stereocenters. The highest BCUT2D eigenvalue weighted by molar-refractivity contribution is 6.31. The van der Waals surface area contributed by atoms with Crippen molar-refractivity contribution in [2.75, 3.05) is 6.54 Å². The van der Waals surface area contributed by atoms with E-state index in [1.165, 1.54) is 0 Å². The predicted molar refractivity (Wildman–Crippen MR) is 90.0 cm³/mol. The van der Waals surface area contributed by atoms with Gasteiger partial charge in [-0.3, -0.25) is 4.90 Å². The minimum absolute atomic E-state index is 0.185. The lowest BCUT2D eigenvalue weighted by molar-refractivity contribution is 0.202. The van der Waals surface area contributed by atoms with Crippen LogP contribution in [0, 0.1) is 6.92 Å². The molecule has 0 aliphatic carbocycles. The zero-order chi connectivity index (χ0) is 17.2. The Morgan fingerprint density at radius 3 is 2.92 bits per heavy atom. The molecular formula is C17H18ClN5O2. The van der Waals surface area contributed by atoms with Gasteiger partial charge in [0.05, 0.1) is 12.6 Å². The lowest BCUT2D eigenvalue weighted by Gasteiger charge is -2.20. The second-order valence-corrected chi connectivity index (χ2v) is 6.64. The Bertz CT molecular complexity index is 862. The van der Waals surface area contributed by atoms with Gasteiger partial charge in [-0.05, 0) is 37.9 Å². The Kier molecular flexibility index (Phi) is 4.50. The fraction of sp³-hybridized carbons (Fsp3) is 0.412. The summed E-state index contributed by atoms with van der Waals surface area (Å²) in [5.41, 5.74) is 2.72. The van der Waals surface area contributed by atoms with Crippen molar-refractivity contribution in [2.24, 2.45) is 0 Å².